The van der Waals surface area contributed by atoms with E-state index in [1.807, 2.05) is 41.3 Å². The van der Waals surface area contributed by atoms with Crippen LogP contribution in [0, 0.1) is 0 Å². The highest BCUT2D eigenvalue weighted by Gasteiger charge is 2.20. The molecule has 1 aromatic rings. The molecule has 0 unspecified atom stereocenters. The third-order valence-corrected chi connectivity index (χ3v) is 3.00. The van der Waals surface area contributed by atoms with Gasteiger partial charge in [-0.15, -0.1) is 0 Å². The lowest BCUT2D eigenvalue weighted by Crippen LogP contribution is -2.51. The number of hydrogen-bond donors (Lipinski definition) is 1. The standard InChI is InChI=1S/C14H18N2O/c1-12-11-15-9-10-16(12)14(17)8-7-13-5-3-2-4-6-13/h2-8,12,15H,9-11H2,1H3/b8-7+/t12-/m0/s1. The maximum absolute atomic E-state index is 12.0. The molecule has 0 bridgehead atoms. The van der Waals surface area contributed by atoms with Crippen LogP contribution >= 0.6 is 0 Å². The van der Waals surface area contributed by atoms with Crippen LogP contribution in [0.4, 0.5) is 0 Å². The van der Waals surface area contributed by atoms with Crippen LogP contribution in [-0.4, -0.2) is 36.5 Å². The molecule has 90 valence electrons. The molecule has 1 heterocycles. The van der Waals surface area contributed by atoms with E-state index in [0.717, 1.165) is 25.2 Å². The number of carbonyl (C=O) groups is 1. The highest BCUT2D eigenvalue weighted by molar-refractivity contribution is 5.92. The highest BCUT2D eigenvalue weighted by atomic mass is 16.2. The van der Waals surface area contributed by atoms with Gasteiger partial charge in [-0.05, 0) is 18.6 Å². The number of nitrogens with one attached hydrogen (secondary N) is 1. The summed E-state index contributed by atoms with van der Waals surface area (Å²) in [6, 6.07) is 10.2. The average Bonchev–Trinajstić information content (AvgIpc) is 2.38. The Morgan fingerprint density at radius 2 is 2.18 bits per heavy atom. The fourth-order valence-electron chi connectivity index (χ4n) is 2.00. The first-order valence-electron chi connectivity index (χ1n) is 6.02. The van der Waals surface area contributed by atoms with E-state index in [-0.39, 0.29) is 11.9 Å². The fraction of sp³-hybridized carbons (Fsp3) is 0.357. The SMILES string of the molecule is C[C@H]1CNCCN1C(=O)/C=C/c1ccccc1. The molecule has 0 radical (unpaired) electrons. The molecule has 0 aliphatic carbocycles. The zero-order chi connectivity index (χ0) is 12.1. The van der Waals surface area contributed by atoms with Crippen molar-refractivity contribution >= 4 is 12.0 Å². The van der Waals surface area contributed by atoms with Crippen LogP contribution in [0.3, 0.4) is 0 Å². The molecular formula is C14H18N2O. The first-order valence-corrected chi connectivity index (χ1v) is 6.02. The van der Waals surface area contributed by atoms with E-state index >= 15 is 0 Å². The van der Waals surface area contributed by atoms with Gasteiger partial charge in [0.1, 0.15) is 0 Å². The van der Waals surface area contributed by atoms with Gasteiger partial charge in [0.05, 0.1) is 0 Å². The molecule has 3 heteroatoms. The molecule has 0 aromatic heterocycles. The van der Waals surface area contributed by atoms with Gasteiger partial charge in [0, 0.05) is 31.8 Å². The summed E-state index contributed by atoms with van der Waals surface area (Å²) in [4.78, 5) is 13.9. The van der Waals surface area contributed by atoms with Gasteiger partial charge in [-0.2, -0.15) is 0 Å². The summed E-state index contributed by atoms with van der Waals surface area (Å²) in [7, 11) is 0. The summed E-state index contributed by atoms with van der Waals surface area (Å²) in [5.74, 6) is 0.0999. The smallest absolute Gasteiger partial charge is 0.246 e. The lowest BCUT2D eigenvalue weighted by atomic mass is 10.2. The number of benzene rings is 1. The third kappa shape index (κ3) is 3.17. The van der Waals surface area contributed by atoms with E-state index in [9.17, 15) is 4.79 Å². The molecule has 2 rings (SSSR count). The van der Waals surface area contributed by atoms with Crippen molar-refractivity contribution in [3.05, 3.63) is 42.0 Å². The Kier molecular flexibility index (Phi) is 3.94. The summed E-state index contributed by atoms with van der Waals surface area (Å²) in [6.07, 6.45) is 3.54. The predicted octanol–water partition coefficient (Wildman–Crippen LogP) is 1.52. The van der Waals surface area contributed by atoms with Crippen molar-refractivity contribution in [3.63, 3.8) is 0 Å². The van der Waals surface area contributed by atoms with Crippen LogP contribution in [0.5, 0.6) is 0 Å². The fourth-order valence-corrected chi connectivity index (χ4v) is 2.00. The quantitative estimate of drug-likeness (QED) is 0.781. The van der Waals surface area contributed by atoms with E-state index in [1.165, 1.54) is 0 Å². The van der Waals surface area contributed by atoms with Crippen molar-refractivity contribution in [1.82, 2.24) is 10.2 Å². The van der Waals surface area contributed by atoms with Gasteiger partial charge < -0.3 is 10.2 Å². The molecule has 0 spiro atoms. The molecule has 3 nitrogen and oxygen atoms in total. The Balaban J connectivity index is 1.99. The minimum atomic E-state index is 0.0999. The van der Waals surface area contributed by atoms with Gasteiger partial charge in [0.2, 0.25) is 5.91 Å². The Hall–Kier alpha value is -1.61. The second-order valence-corrected chi connectivity index (χ2v) is 4.33. The van der Waals surface area contributed by atoms with Crippen molar-refractivity contribution in [2.24, 2.45) is 0 Å². The predicted molar refractivity (Wildman–Crippen MR) is 69.5 cm³/mol. The summed E-state index contributed by atoms with van der Waals surface area (Å²) < 4.78 is 0. The third-order valence-electron chi connectivity index (χ3n) is 3.00. The topological polar surface area (TPSA) is 32.3 Å². The Labute approximate surface area is 102 Å². The summed E-state index contributed by atoms with van der Waals surface area (Å²) in [6.45, 7) is 4.62. The molecule has 1 saturated heterocycles. The maximum Gasteiger partial charge on any atom is 0.246 e. The summed E-state index contributed by atoms with van der Waals surface area (Å²) in [5, 5.41) is 3.28. The van der Waals surface area contributed by atoms with Crippen LogP contribution in [0.2, 0.25) is 0 Å². The lowest BCUT2D eigenvalue weighted by molar-refractivity contribution is -0.128. The van der Waals surface area contributed by atoms with Gasteiger partial charge in [0.25, 0.3) is 0 Å². The average molecular weight is 230 g/mol. The molecule has 1 aliphatic heterocycles. The molecule has 1 fully saturated rings. The van der Waals surface area contributed by atoms with Crippen LogP contribution < -0.4 is 5.32 Å². The van der Waals surface area contributed by atoms with Gasteiger partial charge in [-0.3, -0.25) is 4.79 Å². The van der Waals surface area contributed by atoms with Crippen LogP contribution in [0.25, 0.3) is 6.08 Å². The van der Waals surface area contributed by atoms with Gasteiger partial charge in [-0.25, -0.2) is 0 Å². The number of piperazine rings is 1. The minimum absolute atomic E-state index is 0.0999. The van der Waals surface area contributed by atoms with E-state index in [2.05, 4.69) is 12.2 Å². The highest BCUT2D eigenvalue weighted by Crippen LogP contribution is 2.06. The van der Waals surface area contributed by atoms with Gasteiger partial charge in [0.15, 0.2) is 0 Å². The van der Waals surface area contributed by atoms with Crippen molar-refractivity contribution in [2.75, 3.05) is 19.6 Å². The van der Waals surface area contributed by atoms with E-state index < -0.39 is 0 Å². The Morgan fingerprint density at radius 1 is 1.41 bits per heavy atom. The van der Waals surface area contributed by atoms with Crippen molar-refractivity contribution < 1.29 is 4.79 Å². The zero-order valence-corrected chi connectivity index (χ0v) is 10.1. The maximum atomic E-state index is 12.0. The summed E-state index contributed by atoms with van der Waals surface area (Å²) >= 11 is 0. The van der Waals surface area contributed by atoms with Crippen LogP contribution in [0.1, 0.15) is 12.5 Å². The van der Waals surface area contributed by atoms with Crippen molar-refractivity contribution in [3.8, 4) is 0 Å². The number of rotatable bonds is 2. The van der Waals surface area contributed by atoms with Gasteiger partial charge in [-0.1, -0.05) is 30.3 Å². The van der Waals surface area contributed by atoms with Crippen molar-refractivity contribution in [2.45, 2.75) is 13.0 Å². The summed E-state index contributed by atoms with van der Waals surface area (Å²) in [5.41, 5.74) is 1.06. The molecule has 1 aromatic carbocycles. The van der Waals surface area contributed by atoms with E-state index in [0.29, 0.717) is 0 Å². The molecule has 1 atom stereocenters. The number of nitrogens with zero attached hydrogens (tertiary/aromatic N) is 1. The van der Waals surface area contributed by atoms with Gasteiger partial charge >= 0.3 is 0 Å². The molecule has 1 aliphatic rings. The van der Waals surface area contributed by atoms with Crippen LogP contribution in [0.15, 0.2) is 36.4 Å². The van der Waals surface area contributed by atoms with Crippen molar-refractivity contribution in [1.29, 1.82) is 0 Å². The molecule has 1 N–H and O–H groups in total. The second-order valence-electron chi connectivity index (χ2n) is 4.33. The largest absolute Gasteiger partial charge is 0.334 e. The Bertz CT molecular complexity index is 400. The minimum Gasteiger partial charge on any atom is -0.334 e. The first-order chi connectivity index (χ1) is 8.27. The molecular weight excluding hydrogens is 212 g/mol. The van der Waals surface area contributed by atoms with E-state index in [1.54, 1.807) is 6.08 Å². The second kappa shape index (κ2) is 5.64. The van der Waals surface area contributed by atoms with Crippen LogP contribution in [-0.2, 0) is 4.79 Å². The number of amides is 1. The monoisotopic (exact) mass is 230 g/mol. The van der Waals surface area contributed by atoms with E-state index in [4.69, 9.17) is 0 Å². The molecule has 17 heavy (non-hydrogen) atoms. The zero-order valence-electron chi connectivity index (χ0n) is 10.1. The Morgan fingerprint density at radius 3 is 2.88 bits per heavy atom. The normalized spacial score (nSPS) is 20.8. The lowest BCUT2D eigenvalue weighted by Gasteiger charge is -2.33. The number of carbonyl (C=O) groups excluding carboxylic acids is 1. The molecule has 1 amide bonds. The first kappa shape index (κ1) is 11.9. The molecule has 0 saturated carbocycles. The number of hydrogen-bond acceptors (Lipinski definition) is 2.